The van der Waals surface area contributed by atoms with Gasteiger partial charge in [-0.15, -0.1) is 0 Å². The molecule has 4 aromatic carbocycles. The summed E-state index contributed by atoms with van der Waals surface area (Å²) in [6.07, 6.45) is 6.07. The molecule has 7 rings (SSSR count). The van der Waals surface area contributed by atoms with Gasteiger partial charge < -0.3 is 4.74 Å². The van der Waals surface area contributed by atoms with Crippen LogP contribution in [0, 0.1) is 13.8 Å². The zero-order chi connectivity index (χ0) is 34.6. The number of benzene rings is 4. The Kier molecular flexibility index (Phi) is 8.18. The first-order valence-corrected chi connectivity index (χ1v) is 17.4. The zero-order valence-corrected chi connectivity index (χ0v) is 30.2. The van der Waals surface area contributed by atoms with E-state index in [1.54, 1.807) is 0 Å². The lowest BCUT2D eigenvalue weighted by Crippen LogP contribution is -2.12. The average molecular weight is 647 g/mol. The van der Waals surface area contributed by atoms with Gasteiger partial charge in [0.05, 0.1) is 22.9 Å². The van der Waals surface area contributed by atoms with E-state index in [-0.39, 0.29) is 5.41 Å². The third kappa shape index (κ3) is 6.14. The van der Waals surface area contributed by atoms with E-state index < -0.39 is 0 Å². The lowest BCUT2D eigenvalue weighted by molar-refractivity contribution is 0.482. The van der Waals surface area contributed by atoms with Crippen LogP contribution in [-0.4, -0.2) is 19.3 Å². The third-order valence-corrected chi connectivity index (χ3v) is 9.48. The van der Waals surface area contributed by atoms with Crippen LogP contribution < -0.4 is 4.74 Å². The lowest BCUT2D eigenvalue weighted by Gasteiger charge is -2.20. The van der Waals surface area contributed by atoms with Crippen molar-refractivity contribution >= 4 is 21.8 Å². The highest BCUT2D eigenvalue weighted by Crippen LogP contribution is 2.39. The van der Waals surface area contributed by atoms with Crippen LogP contribution in [0.15, 0.2) is 104 Å². The molecule has 3 aromatic heterocycles. The normalized spacial score (nSPS) is 12.1. The highest BCUT2D eigenvalue weighted by atomic mass is 16.5. The van der Waals surface area contributed by atoms with Crippen LogP contribution in [0.2, 0.25) is 0 Å². The topological polar surface area (TPSA) is 44.9 Å². The fraction of sp³-hybridized carbons (Fsp3) is 0.273. The van der Waals surface area contributed by atoms with Gasteiger partial charge in [-0.3, -0.25) is 4.57 Å². The molecule has 0 aliphatic carbocycles. The van der Waals surface area contributed by atoms with Crippen LogP contribution in [0.3, 0.4) is 0 Å². The molecule has 0 aliphatic heterocycles. The number of nitrogens with zero attached hydrogens (tertiary/aromatic N) is 4. The molecule has 0 saturated heterocycles. The Morgan fingerprint density at radius 3 is 2.10 bits per heavy atom. The van der Waals surface area contributed by atoms with Gasteiger partial charge >= 0.3 is 0 Å². The van der Waals surface area contributed by atoms with Crippen molar-refractivity contribution < 1.29 is 4.74 Å². The Hall–Kier alpha value is -5.16. The molecule has 0 radical (unpaired) electrons. The Morgan fingerprint density at radius 2 is 1.39 bits per heavy atom. The number of ether oxygens (including phenoxy) is 1. The van der Waals surface area contributed by atoms with Crippen molar-refractivity contribution in [3.05, 3.63) is 131 Å². The maximum Gasteiger partial charge on any atom is 0.137 e. The smallest absolute Gasteiger partial charge is 0.137 e. The molecule has 0 aliphatic rings. The van der Waals surface area contributed by atoms with Crippen LogP contribution >= 0.6 is 0 Å². The zero-order valence-electron chi connectivity index (χ0n) is 30.2. The van der Waals surface area contributed by atoms with Crippen molar-refractivity contribution in [3.8, 4) is 34.1 Å². The van der Waals surface area contributed by atoms with Crippen LogP contribution in [0.5, 0.6) is 11.5 Å². The van der Waals surface area contributed by atoms with Crippen LogP contribution in [-0.2, 0) is 5.41 Å². The Morgan fingerprint density at radius 1 is 0.694 bits per heavy atom. The molecule has 5 heteroatoms. The molecule has 0 saturated carbocycles. The Balaban J connectivity index is 1.28. The van der Waals surface area contributed by atoms with E-state index in [1.165, 1.54) is 33.2 Å². The van der Waals surface area contributed by atoms with Gasteiger partial charge in [-0.25, -0.2) is 9.67 Å². The van der Waals surface area contributed by atoms with E-state index in [0.29, 0.717) is 11.8 Å². The molecule has 0 N–H and O–H groups in total. The molecule has 0 spiro atoms. The molecular weight excluding hydrogens is 601 g/mol. The predicted molar refractivity (Wildman–Crippen MR) is 204 cm³/mol. The van der Waals surface area contributed by atoms with Crippen molar-refractivity contribution in [3.63, 3.8) is 0 Å². The number of para-hydroxylation sites is 1. The minimum absolute atomic E-state index is 0.0104. The first-order chi connectivity index (χ1) is 23.4. The second-order valence-electron chi connectivity index (χ2n) is 15.1. The van der Waals surface area contributed by atoms with Gasteiger partial charge in [0, 0.05) is 40.9 Å². The lowest BCUT2D eigenvalue weighted by atomic mass is 9.84. The van der Waals surface area contributed by atoms with Gasteiger partial charge in [0.25, 0.3) is 0 Å². The van der Waals surface area contributed by atoms with Gasteiger partial charge in [0.15, 0.2) is 0 Å². The number of aryl methyl sites for hydroxylation is 2. The highest BCUT2D eigenvalue weighted by molar-refractivity contribution is 6.09. The van der Waals surface area contributed by atoms with E-state index in [4.69, 9.17) is 14.8 Å². The summed E-state index contributed by atoms with van der Waals surface area (Å²) >= 11 is 0. The molecule has 0 fully saturated rings. The van der Waals surface area contributed by atoms with E-state index in [2.05, 4.69) is 158 Å². The summed E-state index contributed by atoms with van der Waals surface area (Å²) in [5.41, 5.74) is 12.0. The summed E-state index contributed by atoms with van der Waals surface area (Å²) in [7, 11) is 0. The van der Waals surface area contributed by atoms with Gasteiger partial charge in [-0.2, -0.15) is 5.10 Å². The molecule has 5 nitrogen and oxygen atoms in total. The molecular formula is C44H46N4O. The summed E-state index contributed by atoms with van der Waals surface area (Å²) in [4.78, 5) is 4.84. The van der Waals surface area contributed by atoms with Crippen LogP contribution in [0.25, 0.3) is 44.4 Å². The standard InChI is InChI=1S/C44H46N4O/c1-27(2)38-20-30(6)21-39(28(3)4)43(38)31-25-46-47(26-31)33-18-29(5)19-35(23-33)49-34-14-15-37-36-12-10-11-13-40(36)48(41(37)24-34)42-22-32(16-17-45-42)44(7,8)9/h10-28H,1-9H3. The fourth-order valence-electron chi connectivity index (χ4n) is 7.00. The van der Waals surface area contributed by atoms with E-state index in [1.807, 2.05) is 17.1 Å². The predicted octanol–water partition coefficient (Wildman–Crippen LogP) is 12.0. The summed E-state index contributed by atoms with van der Waals surface area (Å²) < 4.78 is 10.8. The van der Waals surface area contributed by atoms with Gasteiger partial charge in [-0.05, 0) is 101 Å². The Labute approximate surface area is 290 Å². The van der Waals surface area contributed by atoms with Crippen molar-refractivity contribution in [1.82, 2.24) is 19.3 Å². The van der Waals surface area contributed by atoms with Crippen LogP contribution in [0.1, 0.15) is 88.1 Å². The maximum absolute atomic E-state index is 6.63. The van der Waals surface area contributed by atoms with E-state index in [9.17, 15) is 0 Å². The summed E-state index contributed by atoms with van der Waals surface area (Å²) in [5.74, 6) is 3.25. The van der Waals surface area contributed by atoms with Crippen molar-refractivity contribution in [1.29, 1.82) is 0 Å². The van der Waals surface area contributed by atoms with Gasteiger partial charge in [0.1, 0.15) is 17.3 Å². The number of fused-ring (bicyclic) bond motifs is 3. The molecule has 0 atom stereocenters. The van der Waals surface area contributed by atoms with Crippen molar-refractivity contribution in [2.45, 2.75) is 79.6 Å². The third-order valence-electron chi connectivity index (χ3n) is 9.48. The minimum Gasteiger partial charge on any atom is -0.457 e. The number of hydrogen-bond acceptors (Lipinski definition) is 3. The SMILES string of the molecule is Cc1cc(Oc2ccc3c4ccccc4n(-c4cc(C(C)(C)C)ccn4)c3c2)cc(-n2cc(-c3c(C(C)C)cc(C)cc3C(C)C)cn2)c1. The number of hydrogen-bond donors (Lipinski definition) is 0. The first-order valence-electron chi connectivity index (χ1n) is 17.4. The maximum atomic E-state index is 6.63. The fourth-order valence-corrected chi connectivity index (χ4v) is 7.00. The summed E-state index contributed by atoms with van der Waals surface area (Å²) in [6, 6.07) is 30.1. The number of rotatable bonds is 7. The van der Waals surface area contributed by atoms with Crippen molar-refractivity contribution in [2.75, 3.05) is 0 Å². The number of aromatic nitrogens is 4. The van der Waals surface area contributed by atoms with E-state index in [0.717, 1.165) is 50.6 Å². The van der Waals surface area contributed by atoms with Gasteiger partial charge in [-0.1, -0.05) is 84.4 Å². The second kappa shape index (κ2) is 12.4. The Bertz CT molecular complexity index is 2300. The molecule has 0 amide bonds. The molecule has 248 valence electrons. The minimum atomic E-state index is 0.0104. The van der Waals surface area contributed by atoms with Gasteiger partial charge in [0.2, 0.25) is 0 Å². The first kappa shape index (κ1) is 32.4. The van der Waals surface area contributed by atoms with E-state index >= 15 is 0 Å². The quantitative estimate of drug-likeness (QED) is 0.173. The highest BCUT2D eigenvalue weighted by Gasteiger charge is 2.20. The molecule has 7 aromatic rings. The van der Waals surface area contributed by atoms with Crippen molar-refractivity contribution in [2.24, 2.45) is 0 Å². The molecule has 0 bridgehead atoms. The number of pyridine rings is 1. The molecule has 0 unspecified atom stereocenters. The molecule has 49 heavy (non-hydrogen) atoms. The summed E-state index contributed by atoms with van der Waals surface area (Å²) in [6.45, 7) is 20.1. The molecule has 3 heterocycles. The average Bonchev–Trinajstić information content (AvgIpc) is 3.67. The summed E-state index contributed by atoms with van der Waals surface area (Å²) in [5, 5.41) is 7.21. The largest absolute Gasteiger partial charge is 0.457 e. The monoisotopic (exact) mass is 646 g/mol. The van der Waals surface area contributed by atoms with Crippen LogP contribution in [0.4, 0.5) is 0 Å². The second-order valence-corrected chi connectivity index (χ2v) is 15.1.